The second-order valence-electron chi connectivity index (χ2n) is 7.20. The third-order valence-corrected chi connectivity index (χ3v) is 6.71. The van der Waals surface area contributed by atoms with Crippen molar-refractivity contribution in [2.24, 2.45) is 7.05 Å². The summed E-state index contributed by atoms with van der Waals surface area (Å²) in [6.07, 6.45) is 0.168. The fourth-order valence-corrected chi connectivity index (χ4v) is 5.26. The van der Waals surface area contributed by atoms with Gasteiger partial charge in [-0.1, -0.05) is 29.5 Å². The van der Waals surface area contributed by atoms with Crippen LogP contribution in [-0.4, -0.2) is 31.5 Å². The van der Waals surface area contributed by atoms with Crippen molar-refractivity contribution in [3.8, 4) is 23.0 Å². The Bertz CT molecular complexity index is 1230. The summed E-state index contributed by atoms with van der Waals surface area (Å²) in [5.74, 6) is 1.95. The number of nitrogens with zero attached hydrogens (tertiary/aromatic N) is 2. The molecule has 1 amide bonds. The van der Waals surface area contributed by atoms with E-state index in [1.807, 2.05) is 30.3 Å². The minimum atomic E-state index is -0.389. The highest BCUT2D eigenvalue weighted by molar-refractivity contribution is 7.10. The largest absolute Gasteiger partial charge is 0.493 e. The number of carbonyl (C=O) groups excluding carboxylic acids is 1. The number of para-hydroxylation sites is 1. The first-order chi connectivity index (χ1) is 15.0. The number of methoxy groups -OCH3 is 2. The van der Waals surface area contributed by atoms with Crippen LogP contribution in [0.15, 0.2) is 41.2 Å². The number of hydrogen-bond acceptors (Lipinski definition) is 7. The molecule has 0 fully saturated rings. The van der Waals surface area contributed by atoms with Gasteiger partial charge in [0.25, 0.3) is 0 Å². The molecule has 0 saturated heterocycles. The van der Waals surface area contributed by atoms with Crippen molar-refractivity contribution in [1.82, 2.24) is 4.57 Å². The minimum Gasteiger partial charge on any atom is -0.493 e. The molecule has 0 saturated carbocycles. The fraction of sp³-hybridized carbons (Fsp3) is 0.273. The maximum Gasteiger partial charge on any atom is 0.308 e. The lowest BCUT2D eigenvalue weighted by Crippen LogP contribution is -2.34. The molecule has 3 aromatic rings. The smallest absolute Gasteiger partial charge is 0.308 e. The summed E-state index contributed by atoms with van der Waals surface area (Å²) in [5.41, 5.74) is 1.43. The van der Waals surface area contributed by atoms with E-state index in [0.29, 0.717) is 34.4 Å². The van der Waals surface area contributed by atoms with Crippen molar-refractivity contribution < 1.29 is 23.7 Å². The molecule has 0 N–H and O–H groups in total. The molecule has 0 unspecified atom stereocenters. The molecule has 2 aliphatic rings. The van der Waals surface area contributed by atoms with Crippen LogP contribution >= 0.6 is 11.3 Å². The maximum atomic E-state index is 13.4. The van der Waals surface area contributed by atoms with Crippen molar-refractivity contribution in [2.75, 3.05) is 25.9 Å². The van der Waals surface area contributed by atoms with E-state index >= 15 is 0 Å². The molecule has 1 atom stereocenters. The van der Waals surface area contributed by atoms with Gasteiger partial charge in [0.15, 0.2) is 11.5 Å². The Morgan fingerprint density at radius 1 is 1.06 bits per heavy atom. The third-order valence-electron chi connectivity index (χ3n) is 5.57. The van der Waals surface area contributed by atoms with E-state index in [-0.39, 0.29) is 29.9 Å². The van der Waals surface area contributed by atoms with Gasteiger partial charge in [-0.05, 0) is 18.2 Å². The van der Waals surface area contributed by atoms with E-state index in [4.69, 9.17) is 18.9 Å². The Morgan fingerprint density at radius 3 is 2.52 bits per heavy atom. The van der Waals surface area contributed by atoms with Crippen molar-refractivity contribution in [3.63, 3.8) is 0 Å². The summed E-state index contributed by atoms with van der Waals surface area (Å²) in [6.45, 7) is 0.0564. The molecule has 0 spiro atoms. The van der Waals surface area contributed by atoms with Gasteiger partial charge >= 0.3 is 4.87 Å². The molecule has 1 aromatic heterocycles. The molecule has 2 aliphatic heterocycles. The molecular weight excluding hydrogens is 420 g/mol. The van der Waals surface area contributed by atoms with Gasteiger partial charge in [-0.3, -0.25) is 19.1 Å². The summed E-state index contributed by atoms with van der Waals surface area (Å²) >= 11 is 1.13. The first kappa shape index (κ1) is 19.5. The summed E-state index contributed by atoms with van der Waals surface area (Å²) in [4.78, 5) is 28.3. The number of rotatable bonds is 4. The van der Waals surface area contributed by atoms with Crippen molar-refractivity contribution in [1.29, 1.82) is 0 Å². The molecule has 2 aromatic carbocycles. The predicted molar refractivity (Wildman–Crippen MR) is 115 cm³/mol. The Kier molecular flexibility index (Phi) is 4.62. The Balaban J connectivity index is 1.73. The van der Waals surface area contributed by atoms with Gasteiger partial charge in [-0.25, -0.2) is 0 Å². The zero-order chi connectivity index (χ0) is 21.7. The van der Waals surface area contributed by atoms with Crippen molar-refractivity contribution >= 4 is 28.7 Å². The monoisotopic (exact) mass is 440 g/mol. The van der Waals surface area contributed by atoms with Crippen LogP contribution in [0.1, 0.15) is 22.8 Å². The second-order valence-corrected chi connectivity index (χ2v) is 8.20. The van der Waals surface area contributed by atoms with Gasteiger partial charge in [0.1, 0.15) is 5.82 Å². The highest BCUT2D eigenvalue weighted by atomic mass is 32.1. The maximum absolute atomic E-state index is 13.4. The first-order valence-electron chi connectivity index (χ1n) is 9.67. The van der Waals surface area contributed by atoms with Crippen LogP contribution in [0, 0.1) is 0 Å². The van der Waals surface area contributed by atoms with Crippen molar-refractivity contribution in [2.45, 2.75) is 12.3 Å². The highest BCUT2D eigenvalue weighted by Crippen LogP contribution is 2.55. The van der Waals surface area contributed by atoms with E-state index in [1.165, 1.54) is 4.57 Å². The SMILES string of the molecule is COc1cc([C@H]2CC(=O)N(c3ccccc3)c3c2sc(=O)n3C)c(OC)c2c1OCO2. The van der Waals surface area contributed by atoms with Crippen LogP contribution in [0.5, 0.6) is 23.0 Å². The number of benzene rings is 2. The van der Waals surface area contributed by atoms with Crippen LogP contribution in [0.4, 0.5) is 11.5 Å². The van der Waals surface area contributed by atoms with E-state index in [9.17, 15) is 9.59 Å². The van der Waals surface area contributed by atoms with Gasteiger partial charge in [0, 0.05) is 24.9 Å². The number of hydrogen-bond donors (Lipinski definition) is 0. The van der Waals surface area contributed by atoms with Crippen LogP contribution in [0.2, 0.25) is 0 Å². The van der Waals surface area contributed by atoms with Crippen LogP contribution in [-0.2, 0) is 11.8 Å². The lowest BCUT2D eigenvalue weighted by molar-refractivity contribution is -0.118. The summed E-state index contributed by atoms with van der Waals surface area (Å²) in [7, 11) is 4.77. The van der Waals surface area contributed by atoms with E-state index < -0.39 is 0 Å². The summed E-state index contributed by atoms with van der Waals surface area (Å²) in [6, 6.07) is 11.1. The molecule has 3 heterocycles. The zero-order valence-electron chi connectivity index (χ0n) is 17.2. The standard InChI is InChI=1S/C22H20N2O6S/c1-23-21-20(31-22(23)26)14(10-16(25)24(21)12-7-5-4-6-8-12)13-9-15(27-2)18-19(17(13)28-3)30-11-29-18/h4-9,14H,10-11H2,1-3H3/t14-/m1/s1. The van der Waals surface area contributed by atoms with Gasteiger partial charge in [-0.2, -0.15) is 0 Å². The zero-order valence-corrected chi connectivity index (χ0v) is 18.0. The molecule has 5 rings (SSSR count). The number of anilines is 2. The van der Waals surface area contributed by atoms with Crippen LogP contribution < -0.4 is 28.7 Å². The van der Waals surface area contributed by atoms with Crippen LogP contribution in [0.3, 0.4) is 0 Å². The van der Waals surface area contributed by atoms with Gasteiger partial charge < -0.3 is 18.9 Å². The van der Waals surface area contributed by atoms with Crippen LogP contribution in [0.25, 0.3) is 0 Å². The molecule has 0 aliphatic carbocycles. The normalized spacial score (nSPS) is 16.9. The van der Waals surface area contributed by atoms with Gasteiger partial charge in [0.2, 0.25) is 24.2 Å². The topological polar surface area (TPSA) is 79.2 Å². The minimum absolute atomic E-state index is 0.0564. The molecule has 160 valence electrons. The number of aromatic nitrogens is 1. The quantitative estimate of drug-likeness (QED) is 0.619. The first-order valence-corrected chi connectivity index (χ1v) is 10.5. The average Bonchev–Trinajstić information content (AvgIpc) is 3.38. The third kappa shape index (κ3) is 2.88. The number of ether oxygens (including phenoxy) is 4. The summed E-state index contributed by atoms with van der Waals surface area (Å²) < 4.78 is 23.9. The molecule has 8 nitrogen and oxygen atoms in total. The summed E-state index contributed by atoms with van der Waals surface area (Å²) in [5, 5.41) is 0. The average molecular weight is 440 g/mol. The lowest BCUT2D eigenvalue weighted by Gasteiger charge is -2.32. The predicted octanol–water partition coefficient (Wildman–Crippen LogP) is 3.39. The number of carbonyl (C=O) groups is 1. The Labute approximate surface area is 182 Å². The van der Waals surface area contributed by atoms with E-state index in [2.05, 4.69) is 0 Å². The Morgan fingerprint density at radius 2 is 1.81 bits per heavy atom. The number of amides is 1. The number of fused-ring (bicyclic) bond motifs is 2. The van der Waals surface area contributed by atoms with Gasteiger partial charge in [-0.15, -0.1) is 0 Å². The molecule has 0 bridgehead atoms. The lowest BCUT2D eigenvalue weighted by atomic mass is 9.89. The molecular formula is C22H20N2O6S. The van der Waals surface area contributed by atoms with E-state index in [1.54, 1.807) is 32.2 Å². The fourth-order valence-electron chi connectivity index (χ4n) is 4.17. The Hall–Kier alpha value is -3.46. The second kappa shape index (κ2) is 7.35. The molecule has 9 heteroatoms. The van der Waals surface area contributed by atoms with Crippen molar-refractivity contribution in [3.05, 3.63) is 56.5 Å². The molecule has 31 heavy (non-hydrogen) atoms. The number of thiazole rings is 1. The molecule has 0 radical (unpaired) electrons. The highest BCUT2D eigenvalue weighted by Gasteiger charge is 2.40. The van der Waals surface area contributed by atoms with Gasteiger partial charge in [0.05, 0.1) is 24.8 Å². The van der Waals surface area contributed by atoms with E-state index in [0.717, 1.165) is 21.9 Å².